The Hall–Kier alpha value is -1.68. The molecule has 0 bridgehead atoms. The normalized spacial score (nSPS) is 10.6. The molecule has 18 heavy (non-hydrogen) atoms. The second-order valence-electron chi connectivity index (χ2n) is 3.65. The Morgan fingerprint density at radius 3 is 2.33 bits per heavy atom. The number of alkyl halides is 2. The summed E-state index contributed by atoms with van der Waals surface area (Å²) in [6.07, 6.45) is 0.782. The van der Waals surface area contributed by atoms with Gasteiger partial charge in [0.05, 0.1) is 0 Å². The van der Waals surface area contributed by atoms with Crippen LogP contribution in [0, 0.1) is 0 Å². The summed E-state index contributed by atoms with van der Waals surface area (Å²) in [6.45, 7) is 0. The number of carbonyl (C=O) groups excluding carboxylic acids is 1. The molecular weight excluding hydrogens is 254 g/mol. The predicted octanol–water partition coefficient (Wildman–Crippen LogP) is 4.48. The third kappa shape index (κ3) is 3.17. The molecule has 4 heteroatoms. The lowest BCUT2D eigenvalue weighted by atomic mass is 10.0. The molecule has 0 saturated heterocycles. The van der Waals surface area contributed by atoms with Crippen LogP contribution in [0.5, 0.6) is 0 Å². The van der Waals surface area contributed by atoms with Crippen molar-refractivity contribution < 1.29 is 13.6 Å². The van der Waals surface area contributed by atoms with Gasteiger partial charge in [-0.3, -0.25) is 4.79 Å². The minimum Gasteiger partial charge on any atom is -0.298 e. The fourth-order valence-corrected chi connectivity index (χ4v) is 2.12. The molecule has 0 unspecified atom stereocenters. The van der Waals surface area contributed by atoms with E-state index < -0.39 is 5.76 Å². The number of halogens is 2. The summed E-state index contributed by atoms with van der Waals surface area (Å²) in [4.78, 5) is 11.2. The average Bonchev–Trinajstić information content (AvgIpc) is 2.39. The van der Waals surface area contributed by atoms with E-state index in [1.54, 1.807) is 42.5 Å². The maximum absolute atomic E-state index is 12.2. The monoisotopic (exact) mass is 264 g/mol. The van der Waals surface area contributed by atoms with Gasteiger partial charge in [-0.1, -0.05) is 42.1 Å². The standard InChI is InChI=1S/C14H10F2OS/c15-14(16)18-13-6-4-11(5-7-13)12-3-1-2-10(8-12)9-17/h1-9,14H. The predicted molar refractivity (Wildman–Crippen MR) is 69.1 cm³/mol. The smallest absolute Gasteiger partial charge is 0.288 e. The van der Waals surface area contributed by atoms with Crippen LogP contribution in [0.15, 0.2) is 53.4 Å². The molecule has 0 saturated carbocycles. The molecule has 1 nitrogen and oxygen atoms in total. The maximum Gasteiger partial charge on any atom is 0.288 e. The lowest BCUT2D eigenvalue weighted by Crippen LogP contribution is -1.84. The first-order valence-electron chi connectivity index (χ1n) is 5.29. The largest absolute Gasteiger partial charge is 0.298 e. The molecule has 0 fully saturated rings. The number of benzene rings is 2. The molecule has 0 aliphatic carbocycles. The lowest BCUT2D eigenvalue weighted by Gasteiger charge is -2.04. The van der Waals surface area contributed by atoms with Gasteiger partial charge in [0.1, 0.15) is 6.29 Å². The van der Waals surface area contributed by atoms with Crippen LogP contribution in [0.25, 0.3) is 11.1 Å². The van der Waals surface area contributed by atoms with E-state index in [-0.39, 0.29) is 0 Å². The van der Waals surface area contributed by atoms with Crippen LogP contribution in [-0.4, -0.2) is 12.0 Å². The van der Waals surface area contributed by atoms with E-state index in [0.29, 0.717) is 22.2 Å². The van der Waals surface area contributed by atoms with Crippen molar-refractivity contribution in [2.75, 3.05) is 0 Å². The number of rotatable bonds is 4. The number of carbonyl (C=O) groups is 1. The van der Waals surface area contributed by atoms with Gasteiger partial charge in [0.2, 0.25) is 0 Å². The van der Waals surface area contributed by atoms with Crippen LogP contribution in [0.4, 0.5) is 8.78 Å². The minimum absolute atomic E-state index is 0.520. The van der Waals surface area contributed by atoms with Crippen molar-refractivity contribution in [1.29, 1.82) is 0 Å². The van der Waals surface area contributed by atoms with Crippen molar-refractivity contribution in [3.63, 3.8) is 0 Å². The molecule has 0 N–H and O–H groups in total. The number of aldehydes is 1. The first-order valence-corrected chi connectivity index (χ1v) is 6.17. The Morgan fingerprint density at radius 2 is 1.72 bits per heavy atom. The molecule has 0 aromatic heterocycles. The summed E-state index contributed by atoms with van der Waals surface area (Å²) < 4.78 is 24.3. The van der Waals surface area contributed by atoms with E-state index in [1.165, 1.54) is 0 Å². The molecular formula is C14H10F2OS. The number of hydrogen-bond donors (Lipinski definition) is 0. The van der Waals surface area contributed by atoms with Crippen molar-refractivity contribution in [3.8, 4) is 11.1 Å². The SMILES string of the molecule is O=Cc1cccc(-c2ccc(SC(F)F)cc2)c1. The van der Waals surface area contributed by atoms with E-state index in [2.05, 4.69) is 0 Å². The van der Waals surface area contributed by atoms with Gasteiger partial charge in [0, 0.05) is 10.5 Å². The summed E-state index contributed by atoms with van der Waals surface area (Å²) in [5, 5.41) is 0. The van der Waals surface area contributed by atoms with Crippen LogP contribution >= 0.6 is 11.8 Å². The zero-order chi connectivity index (χ0) is 13.0. The molecule has 0 radical (unpaired) electrons. The molecule has 2 aromatic carbocycles. The highest BCUT2D eigenvalue weighted by molar-refractivity contribution is 7.99. The van der Waals surface area contributed by atoms with Crippen LogP contribution in [0.3, 0.4) is 0 Å². The summed E-state index contributed by atoms with van der Waals surface area (Å²) in [5.74, 6) is -2.41. The van der Waals surface area contributed by atoms with E-state index in [1.807, 2.05) is 6.07 Å². The van der Waals surface area contributed by atoms with Crippen LogP contribution in [-0.2, 0) is 0 Å². The molecule has 0 amide bonds. The topological polar surface area (TPSA) is 17.1 Å². The summed E-state index contributed by atoms with van der Waals surface area (Å²) in [5.41, 5.74) is 2.39. The van der Waals surface area contributed by atoms with Gasteiger partial charge < -0.3 is 0 Å². The highest BCUT2D eigenvalue weighted by Crippen LogP contribution is 2.28. The number of thioether (sulfide) groups is 1. The average molecular weight is 264 g/mol. The summed E-state index contributed by atoms with van der Waals surface area (Å²) >= 11 is 0.520. The van der Waals surface area contributed by atoms with Gasteiger partial charge >= 0.3 is 0 Å². The van der Waals surface area contributed by atoms with Crippen molar-refractivity contribution in [1.82, 2.24) is 0 Å². The molecule has 92 valence electrons. The first kappa shape index (κ1) is 12.8. The molecule has 0 aliphatic rings. The van der Waals surface area contributed by atoms with E-state index in [9.17, 15) is 13.6 Å². The van der Waals surface area contributed by atoms with Crippen LogP contribution in [0.1, 0.15) is 10.4 Å². The fourth-order valence-electron chi connectivity index (χ4n) is 1.62. The maximum atomic E-state index is 12.2. The van der Waals surface area contributed by atoms with E-state index in [4.69, 9.17) is 0 Å². The Balaban J connectivity index is 2.25. The highest BCUT2D eigenvalue weighted by Gasteiger charge is 2.05. The zero-order valence-corrected chi connectivity index (χ0v) is 10.2. The van der Waals surface area contributed by atoms with Crippen LogP contribution < -0.4 is 0 Å². The molecule has 2 aromatic rings. The highest BCUT2D eigenvalue weighted by atomic mass is 32.2. The molecule has 0 heterocycles. The fraction of sp³-hybridized carbons (Fsp3) is 0.0714. The summed E-state index contributed by atoms with van der Waals surface area (Å²) in [7, 11) is 0. The van der Waals surface area contributed by atoms with Crippen molar-refractivity contribution in [2.24, 2.45) is 0 Å². The third-order valence-corrected chi connectivity index (χ3v) is 3.16. The molecule has 0 spiro atoms. The van der Waals surface area contributed by atoms with Crippen LogP contribution in [0.2, 0.25) is 0 Å². The Kier molecular flexibility index (Phi) is 4.10. The van der Waals surface area contributed by atoms with Gasteiger partial charge in [-0.25, -0.2) is 0 Å². The van der Waals surface area contributed by atoms with Gasteiger partial charge in [-0.15, -0.1) is 0 Å². The van der Waals surface area contributed by atoms with E-state index in [0.717, 1.165) is 17.4 Å². The van der Waals surface area contributed by atoms with Crippen molar-refractivity contribution >= 4 is 18.0 Å². The lowest BCUT2D eigenvalue weighted by molar-refractivity contribution is 0.112. The molecule has 0 atom stereocenters. The van der Waals surface area contributed by atoms with Gasteiger partial charge in [-0.05, 0) is 29.3 Å². The number of hydrogen-bond acceptors (Lipinski definition) is 2. The Labute approximate surface area is 108 Å². The van der Waals surface area contributed by atoms with Gasteiger partial charge in [0.15, 0.2) is 0 Å². The molecule has 0 aliphatic heterocycles. The zero-order valence-electron chi connectivity index (χ0n) is 9.35. The second-order valence-corrected chi connectivity index (χ2v) is 4.71. The minimum atomic E-state index is -2.41. The van der Waals surface area contributed by atoms with Crippen molar-refractivity contribution in [3.05, 3.63) is 54.1 Å². The third-order valence-electron chi connectivity index (χ3n) is 2.44. The van der Waals surface area contributed by atoms with E-state index >= 15 is 0 Å². The quantitative estimate of drug-likeness (QED) is 0.598. The Morgan fingerprint density at radius 1 is 1.00 bits per heavy atom. The molecule has 2 rings (SSSR count). The van der Waals surface area contributed by atoms with Gasteiger partial charge in [0.25, 0.3) is 5.76 Å². The Bertz CT molecular complexity index is 538. The first-order chi connectivity index (χ1) is 8.69. The second kappa shape index (κ2) is 5.78. The van der Waals surface area contributed by atoms with Gasteiger partial charge in [-0.2, -0.15) is 8.78 Å². The van der Waals surface area contributed by atoms with Crippen molar-refractivity contribution in [2.45, 2.75) is 10.7 Å². The summed E-state index contributed by atoms with van der Waals surface area (Å²) in [6, 6.07) is 14.0.